The van der Waals surface area contributed by atoms with Crippen molar-refractivity contribution < 1.29 is 0 Å². The molecule has 94 valence electrons. The highest BCUT2D eigenvalue weighted by atomic mass is 79.9. The number of thioether (sulfide) groups is 1. The van der Waals surface area contributed by atoms with Gasteiger partial charge in [0.05, 0.1) is 0 Å². The van der Waals surface area contributed by atoms with E-state index in [1.807, 2.05) is 11.8 Å². The molecule has 0 radical (unpaired) electrons. The Bertz CT molecular complexity index is 369. The Hall–Kier alpha value is 0.01000. The van der Waals surface area contributed by atoms with E-state index in [9.17, 15) is 0 Å². The van der Waals surface area contributed by atoms with Crippen LogP contribution in [0.2, 0.25) is 0 Å². The molecule has 2 rings (SSSR count). The van der Waals surface area contributed by atoms with Gasteiger partial charge in [0.25, 0.3) is 0 Å². The van der Waals surface area contributed by atoms with Crippen LogP contribution in [0.5, 0.6) is 0 Å². The number of benzene rings is 1. The minimum atomic E-state index is 0.420. The Labute approximate surface area is 117 Å². The van der Waals surface area contributed by atoms with E-state index in [-0.39, 0.29) is 0 Å². The van der Waals surface area contributed by atoms with Gasteiger partial charge in [0.1, 0.15) is 0 Å². The van der Waals surface area contributed by atoms with Crippen LogP contribution in [0.3, 0.4) is 0 Å². The van der Waals surface area contributed by atoms with E-state index in [0.717, 1.165) is 5.25 Å². The van der Waals surface area contributed by atoms with Crippen LogP contribution in [0.1, 0.15) is 37.8 Å². The van der Waals surface area contributed by atoms with Crippen LogP contribution in [0, 0.1) is 0 Å². The van der Waals surface area contributed by atoms with Crippen molar-refractivity contribution in [3.05, 3.63) is 34.3 Å². The van der Waals surface area contributed by atoms with Gasteiger partial charge in [-0.15, -0.1) is 0 Å². The van der Waals surface area contributed by atoms with Crippen LogP contribution in [0.15, 0.2) is 28.7 Å². The zero-order valence-electron chi connectivity index (χ0n) is 10.4. The number of hydrogen-bond donors (Lipinski definition) is 1. The van der Waals surface area contributed by atoms with Gasteiger partial charge >= 0.3 is 0 Å². The summed E-state index contributed by atoms with van der Waals surface area (Å²) in [6.07, 6.45) is 6.28. The lowest BCUT2D eigenvalue weighted by atomic mass is 10.1. The second-order valence-corrected chi connectivity index (χ2v) is 6.65. The van der Waals surface area contributed by atoms with Crippen LogP contribution < -0.4 is 5.32 Å². The Morgan fingerprint density at radius 2 is 2.12 bits per heavy atom. The minimum Gasteiger partial charge on any atom is -0.306 e. The van der Waals surface area contributed by atoms with E-state index < -0.39 is 0 Å². The molecule has 3 unspecified atom stereocenters. The fourth-order valence-corrected chi connectivity index (χ4v) is 4.21. The number of hydrogen-bond acceptors (Lipinski definition) is 2. The van der Waals surface area contributed by atoms with E-state index in [1.165, 1.54) is 29.3 Å². The van der Waals surface area contributed by atoms with E-state index in [2.05, 4.69) is 58.7 Å². The second kappa shape index (κ2) is 6.26. The lowest BCUT2D eigenvalue weighted by Crippen LogP contribution is -2.35. The van der Waals surface area contributed by atoms with Crippen molar-refractivity contribution in [2.45, 2.75) is 43.5 Å². The quantitative estimate of drug-likeness (QED) is 0.885. The highest BCUT2D eigenvalue weighted by Crippen LogP contribution is 2.31. The third-order valence-corrected chi connectivity index (χ3v) is 5.48. The van der Waals surface area contributed by atoms with Crippen molar-refractivity contribution in [3.8, 4) is 0 Å². The molecule has 1 nitrogen and oxygen atoms in total. The van der Waals surface area contributed by atoms with Gasteiger partial charge in [0.2, 0.25) is 0 Å². The zero-order chi connectivity index (χ0) is 12.3. The third kappa shape index (κ3) is 3.27. The summed E-state index contributed by atoms with van der Waals surface area (Å²) < 4.78 is 1.21. The molecule has 1 aliphatic carbocycles. The molecule has 17 heavy (non-hydrogen) atoms. The van der Waals surface area contributed by atoms with Crippen LogP contribution in [-0.2, 0) is 0 Å². The SMILES string of the molecule is CSC1CCCC1NC(C)c1ccccc1Br. The van der Waals surface area contributed by atoms with Gasteiger partial charge in [0.15, 0.2) is 0 Å². The molecule has 0 heterocycles. The largest absolute Gasteiger partial charge is 0.306 e. The second-order valence-electron chi connectivity index (χ2n) is 4.72. The van der Waals surface area contributed by atoms with Gasteiger partial charge < -0.3 is 5.32 Å². The summed E-state index contributed by atoms with van der Waals surface area (Å²) in [5.74, 6) is 0. The summed E-state index contributed by atoms with van der Waals surface area (Å²) in [5.41, 5.74) is 1.36. The summed E-state index contributed by atoms with van der Waals surface area (Å²) in [6, 6.07) is 9.59. The molecule has 0 amide bonds. The van der Waals surface area contributed by atoms with Crippen molar-refractivity contribution in [2.24, 2.45) is 0 Å². The topological polar surface area (TPSA) is 12.0 Å². The minimum absolute atomic E-state index is 0.420. The Balaban J connectivity index is 2.01. The average Bonchev–Trinajstić information content (AvgIpc) is 2.76. The summed E-state index contributed by atoms with van der Waals surface area (Å²) >= 11 is 5.64. The van der Waals surface area contributed by atoms with Crippen LogP contribution >= 0.6 is 27.7 Å². The smallest absolute Gasteiger partial charge is 0.0305 e. The highest BCUT2D eigenvalue weighted by Gasteiger charge is 2.27. The first-order valence-electron chi connectivity index (χ1n) is 6.25. The highest BCUT2D eigenvalue weighted by molar-refractivity contribution is 9.10. The summed E-state index contributed by atoms with van der Waals surface area (Å²) in [6.45, 7) is 2.26. The van der Waals surface area contributed by atoms with E-state index in [4.69, 9.17) is 0 Å². The molecular formula is C14H20BrNS. The van der Waals surface area contributed by atoms with Gasteiger partial charge in [-0.25, -0.2) is 0 Å². The van der Waals surface area contributed by atoms with Crippen LogP contribution in [-0.4, -0.2) is 17.5 Å². The molecule has 1 aromatic carbocycles. The summed E-state index contributed by atoms with van der Waals surface area (Å²) in [5, 5.41) is 4.58. The molecule has 1 saturated carbocycles. The molecular weight excluding hydrogens is 294 g/mol. The molecule has 1 aromatic rings. The zero-order valence-corrected chi connectivity index (χ0v) is 12.9. The first-order chi connectivity index (χ1) is 8.22. The van der Waals surface area contributed by atoms with Gasteiger partial charge in [-0.1, -0.05) is 40.5 Å². The van der Waals surface area contributed by atoms with Crippen molar-refractivity contribution in [3.63, 3.8) is 0 Å². The normalized spacial score (nSPS) is 26.1. The van der Waals surface area contributed by atoms with Gasteiger partial charge in [0, 0.05) is 21.8 Å². The first kappa shape index (κ1) is 13.4. The fourth-order valence-electron chi connectivity index (χ4n) is 2.64. The average molecular weight is 314 g/mol. The predicted octanol–water partition coefficient (Wildman–Crippen LogP) is 4.38. The summed E-state index contributed by atoms with van der Waals surface area (Å²) in [4.78, 5) is 0. The van der Waals surface area contributed by atoms with Crippen molar-refractivity contribution in [1.82, 2.24) is 5.32 Å². The maximum Gasteiger partial charge on any atom is 0.0305 e. The van der Waals surface area contributed by atoms with Gasteiger partial charge in [-0.05, 0) is 37.7 Å². The van der Waals surface area contributed by atoms with E-state index in [0.29, 0.717) is 12.1 Å². The third-order valence-electron chi connectivity index (χ3n) is 3.59. The van der Waals surface area contributed by atoms with Crippen LogP contribution in [0.4, 0.5) is 0 Å². The first-order valence-corrected chi connectivity index (χ1v) is 8.33. The summed E-state index contributed by atoms with van der Waals surface area (Å²) in [7, 11) is 0. The number of rotatable bonds is 4. The maximum absolute atomic E-state index is 3.79. The number of halogens is 1. The fraction of sp³-hybridized carbons (Fsp3) is 0.571. The Morgan fingerprint density at radius 1 is 1.35 bits per heavy atom. The molecule has 0 spiro atoms. The molecule has 1 fully saturated rings. The molecule has 0 aliphatic heterocycles. The maximum atomic E-state index is 3.79. The standard InChI is InChI=1S/C14H20BrNS/c1-10(11-6-3-4-7-12(11)15)16-13-8-5-9-14(13)17-2/h3-4,6-7,10,13-14,16H,5,8-9H2,1-2H3. The van der Waals surface area contributed by atoms with E-state index >= 15 is 0 Å². The molecule has 1 N–H and O–H groups in total. The van der Waals surface area contributed by atoms with Crippen LogP contribution in [0.25, 0.3) is 0 Å². The van der Waals surface area contributed by atoms with Gasteiger partial charge in [-0.3, -0.25) is 0 Å². The molecule has 0 bridgehead atoms. The van der Waals surface area contributed by atoms with Gasteiger partial charge in [-0.2, -0.15) is 11.8 Å². The van der Waals surface area contributed by atoms with Crippen molar-refractivity contribution in [1.29, 1.82) is 0 Å². The van der Waals surface area contributed by atoms with Crippen molar-refractivity contribution >= 4 is 27.7 Å². The molecule has 3 heteroatoms. The molecule has 1 aliphatic rings. The Morgan fingerprint density at radius 3 is 2.82 bits per heavy atom. The lowest BCUT2D eigenvalue weighted by Gasteiger charge is -2.24. The Kier molecular flexibility index (Phi) is 4.95. The van der Waals surface area contributed by atoms with Crippen molar-refractivity contribution in [2.75, 3.05) is 6.26 Å². The predicted molar refractivity (Wildman–Crippen MR) is 80.6 cm³/mol. The lowest BCUT2D eigenvalue weighted by molar-refractivity contribution is 0.466. The monoisotopic (exact) mass is 313 g/mol. The molecule has 0 aromatic heterocycles. The molecule has 0 saturated heterocycles. The number of nitrogens with one attached hydrogen (secondary N) is 1. The molecule has 3 atom stereocenters. The van der Waals surface area contributed by atoms with E-state index in [1.54, 1.807) is 0 Å².